The molecule has 0 unspecified atom stereocenters. The number of hydrogen-bond donors (Lipinski definition) is 2. The first-order valence-electron chi connectivity index (χ1n) is 10.4. The summed E-state index contributed by atoms with van der Waals surface area (Å²) < 4.78 is 14.7. The molecule has 7 heteroatoms. The van der Waals surface area contributed by atoms with Gasteiger partial charge in [0, 0.05) is 31.4 Å². The number of rotatable bonds is 5. The van der Waals surface area contributed by atoms with E-state index in [2.05, 4.69) is 28.9 Å². The van der Waals surface area contributed by atoms with Gasteiger partial charge in [0.1, 0.15) is 12.3 Å². The molecule has 0 bridgehead atoms. The number of fused-ring (bicyclic) bond motifs is 1. The summed E-state index contributed by atoms with van der Waals surface area (Å²) in [6.45, 7) is 6.99. The summed E-state index contributed by atoms with van der Waals surface area (Å²) in [4.78, 5) is 25.7. The van der Waals surface area contributed by atoms with Crippen molar-refractivity contribution in [2.75, 3.05) is 32.0 Å². The van der Waals surface area contributed by atoms with Gasteiger partial charge in [0.2, 0.25) is 0 Å². The van der Waals surface area contributed by atoms with Gasteiger partial charge in [0.15, 0.2) is 18.6 Å². The first kappa shape index (κ1) is 21.1. The molecule has 2 aromatic carbocycles. The molecule has 3 aromatic rings. The van der Waals surface area contributed by atoms with E-state index in [-0.39, 0.29) is 11.4 Å². The normalized spacial score (nSPS) is 17.0. The van der Waals surface area contributed by atoms with Crippen LogP contribution in [0.3, 0.4) is 0 Å². The topological polar surface area (TPSA) is 69.2 Å². The van der Waals surface area contributed by atoms with Gasteiger partial charge in [0.25, 0.3) is 5.56 Å². The van der Waals surface area contributed by atoms with Gasteiger partial charge in [-0.2, -0.15) is 5.10 Å². The molecule has 1 aliphatic heterocycles. The lowest BCUT2D eigenvalue weighted by Gasteiger charge is -2.33. The van der Waals surface area contributed by atoms with Crippen LogP contribution in [0.25, 0.3) is 10.8 Å². The Morgan fingerprint density at radius 1 is 1.17 bits per heavy atom. The highest BCUT2D eigenvalue weighted by Crippen LogP contribution is 2.55. The number of benzene rings is 2. The van der Waals surface area contributed by atoms with Crippen LogP contribution in [-0.2, 0) is 6.42 Å². The fourth-order valence-electron chi connectivity index (χ4n) is 4.26. The Bertz CT molecular complexity index is 1110. The highest BCUT2D eigenvalue weighted by molar-refractivity contribution is 7.77. The van der Waals surface area contributed by atoms with Crippen molar-refractivity contribution in [3.8, 4) is 0 Å². The molecule has 1 saturated heterocycles. The molecule has 30 heavy (non-hydrogen) atoms. The molecule has 0 spiro atoms. The van der Waals surface area contributed by atoms with E-state index in [0.717, 1.165) is 36.3 Å². The number of halogens is 1. The molecule has 0 aliphatic carbocycles. The average Bonchev–Trinajstić information content (AvgIpc) is 2.73. The molecule has 2 heterocycles. The largest absolute Gasteiger partial charge is 0.296 e. The Morgan fingerprint density at radius 2 is 1.87 bits per heavy atom. The van der Waals surface area contributed by atoms with Crippen LogP contribution in [0.1, 0.15) is 25.1 Å². The van der Waals surface area contributed by atoms with Gasteiger partial charge in [0.05, 0.1) is 11.1 Å². The molecule has 1 fully saturated rings. The van der Waals surface area contributed by atoms with Crippen LogP contribution in [0.4, 0.5) is 4.39 Å². The summed E-state index contributed by atoms with van der Waals surface area (Å²) >= 11 is 0. The highest BCUT2D eigenvalue weighted by atomic mass is 31.2. The van der Waals surface area contributed by atoms with E-state index in [1.54, 1.807) is 12.1 Å². The Morgan fingerprint density at radius 3 is 2.57 bits per heavy atom. The Hall–Kier alpha value is -2.14. The van der Waals surface area contributed by atoms with E-state index >= 15 is 0 Å². The fraction of sp³-hybridized carbons (Fsp3) is 0.391. The minimum atomic E-state index is -2.52. The maximum absolute atomic E-state index is 14.7. The van der Waals surface area contributed by atoms with E-state index in [9.17, 15) is 14.1 Å². The molecule has 1 aromatic heterocycles. The van der Waals surface area contributed by atoms with Gasteiger partial charge < -0.3 is 0 Å². The average molecular weight is 428 g/mol. The second kappa shape index (κ2) is 8.54. The van der Waals surface area contributed by atoms with Gasteiger partial charge in [-0.1, -0.05) is 38.1 Å². The molecule has 0 atom stereocenters. The van der Waals surface area contributed by atoms with Gasteiger partial charge >= 0.3 is 0 Å². The zero-order valence-corrected chi connectivity index (χ0v) is 18.3. The summed E-state index contributed by atoms with van der Waals surface area (Å²) in [5, 5.41) is 8.64. The molecule has 0 amide bonds. The standard InChI is InChI=1S/C23H27FN3O2P/c1-16(2)15-27-9-11-30(29,12-10-27)22-14-17(7-8-20(22)24)13-21-18-5-3-4-6-19(18)23(28)26-25-21/h3-8,14,16,29H,9-13,15H2,1-2H3/p+1. The summed E-state index contributed by atoms with van der Waals surface area (Å²) in [5.74, 6) is 0.250. The minimum absolute atomic E-state index is 0.220. The summed E-state index contributed by atoms with van der Waals surface area (Å²) in [6, 6.07) is 12.4. The monoisotopic (exact) mass is 428 g/mol. The third-order valence-corrected chi connectivity index (χ3v) is 8.92. The van der Waals surface area contributed by atoms with E-state index in [0.29, 0.717) is 35.4 Å². The molecular formula is C23H28FN3O2P+. The lowest BCUT2D eigenvalue weighted by atomic mass is 10.0. The summed E-state index contributed by atoms with van der Waals surface area (Å²) in [6.07, 6.45) is 1.71. The first-order chi connectivity index (χ1) is 14.4. The van der Waals surface area contributed by atoms with Crippen molar-refractivity contribution in [2.24, 2.45) is 5.92 Å². The van der Waals surface area contributed by atoms with Crippen LogP contribution in [-0.4, -0.2) is 51.9 Å². The van der Waals surface area contributed by atoms with Crippen molar-refractivity contribution in [2.45, 2.75) is 20.3 Å². The Balaban J connectivity index is 1.61. The predicted molar refractivity (Wildman–Crippen MR) is 121 cm³/mol. The van der Waals surface area contributed by atoms with E-state index in [1.807, 2.05) is 24.3 Å². The molecular weight excluding hydrogens is 400 g/mol. The number of H-pyrrole nitrogens is 1. The van der Waals surface area contributed by atoms with Crippen molar-refractivity contribution in [1.82, 2.24) is 15.1 Å². The molecule has 2 N–H and O–H groups in total. The van der Waals surface area contributed by atoms with Crippen LogP contribution >= 0.6 is 7.49 Å². The molecule has 158 valence electrons. The fourth-order valence-corrected chi connectivity index (χ4v) is 7.08. The number of hydrogen-bond acceptors (Lipinski definition) is 4. The van der Waals surface area contributed by atoms with Crippen molar-refractivity contribution in [1.29, 1.82) is 0 Å². The zero-order valence-electron chi connectivity index (χ0n) is 17.4. The van der Waals surface area contributed by atoms with Gasteiger partial charge in [-0.25, -0.2) is 14.4 Å². The first-order valence-corrected chi connectivity index (χ1v) is 12.5. The molecule has 1 aliphatic rings. The second-order valence-corrected chi connectivity index (χ2v) is 11.8. The molecule has 4 rings (SSSR count). The van der Waals surface area contributed by atoms with Gasteiger partial charge in [-0.15, -0.1) is 0 Å². The number of nitrogens with one attached hydrogen (secondary N) is 1. The zero-order chi connectivity index (χ0) is 21.3. The van der Waals surface area contributed by atoms with Crippen LogP contribution in [0.5, 0.6) is 0 Å². The third kappa shape index (κ3) is 4.31. The maximum atomic E-state index is 14.7. The SMILES string of the molecule is CC(C)CN1CC[P+](O)(c2cc(Cc3n[nH]c(=O)c4ccccc34)ccc2F)CC1. The molecule has 0 radical (unpaired) electrons. The van der Waals surface area contributed by atoms with Crippen molar-refractivity contribution in [3.05, 3.63) is 69.9 Å². The summed E-state index contributed by atoms with van der Waals surface area (Å²) in [7, 11) is -2.52. The van der Waals surface area contributed by atoms with Crippen LogP contribution in [0.15, 0.2) is 47.3 Å². The van der Waals surface area contributed by atoms with Gasteiger partial charge in [-0.05, 0) is 29.7 Å². The van der Waals surface area contributed by atoms with Crippen molar-refractivity contribution >= 4 is 23.6 Å². The van der Waals surface area contributed by atoms with Crippen molar-refractivity contribution < 1.29 is 9.28 Å². The smallest absolute Gasteiger partial charge is 0.272 e. The van der Waals surface area contributed by atoms with Crippen LogP contribution < -0.4 is 10.9 Å². The number of nitrogens with zero attached hydrogens (tertiary/aromatic N) is 2. The van der Waals surface area contributed by atoms with Gasteiger partial charge in [-0.3, -0.25) is 9.69 Å². The minimum Gasteiger partial charge on any atom is -0.296 e. The number of aromatic nitrogens is 2. The Kier molecular flexibility index (Phi) is 6.01. The molecule has 5 nitrogen and oxygen atoms in total. The third-order valence-electron chi connectivity index (χ3n) is 5.80. The second-order valence-electron chi connectivity index (χ2n) is 8.57. The number of aromatic amines is 1. The predicted octanol–water partition coefficient (Wildman–Crippen LogP) is 3.17. The lowest BCUT2D eigenvalue weighted by Crippen LogP contribution is -2.41. The van der Waals surface area contributed by atoms with E-state index in [4.69, 9.17) is 0 Å². The maximum Gasteiger partial charge on any atom is 0.272 e. The van der Waals surface area contributed by atoms with E-state index < -0.39 is 7.49 Å². The summed E-state index contributed by atoms with van der Waals surface area (Å²) in [5.41, 5.74) is 1.40. The van der Waals surface area contributed by atoms with Crippen LogP contribution in [0.2, 0.25) is 0 Å². The van der Waals surface area contributed by atoms with E-state index in [1.165, 1.54) is 6.07 Å². The quantitative estimate of drug-likeness (QED) is 0.613. The lowest BCUT2D eigenvalue weighted by molar-refractivity contribution is 0.260. The highest BCUT2D eigenvalue weighted by Gasteiger charge is 2.44. The Labute approximate surface area is 176 Å². The van der Waals surface area contributed by atoms with Crippen molar-refractivity contribution in [3.63, 3.8) is 0 Å². The van der Waals surface area contributed by atoms with Crippen LogP contribution in [0, 0.1) is 11.7 Å². The molecule has 0 saturated carbocycles.